The van der Waals surface area contributed by atoms with E-state index in [9.17, 15) is 24.0 Å². The fraction of sp³-hybridized carbons (Fsp3) is 0.149. The Bertz CT molecular complexity index is 5010. The van der Waals surface area contributed by atoms with Crippen LogP contribution in [0.3, 0.4) is 0 Å². The molecule has 0 unspecified atom stereocenters. The number of aromatic nitrogens is 9. The number of hydrogen-bond acceptors (Lipinski definition) is 17. The molecular weight excluding hydrogens is 1290 g/mol. The average Bonchev–Trinajstić information content (AvgIpc) is 0.844. The summed E-state index contributed by atoms with van der Waals surface area (Å²) in [7, 11) is 7.63. The number of nitrogens with one attached hydrogen (secondary N) is 9. The Labute approximate surface area is 568 Å². The Morgan fingerprint density at radius 3 is 1.29 bits per heavy atom. The van der Waals surface area contributed by atoms with Crippen molar-refractivity contribution in [2.75, 3.05) is 72.4 Å². The summed E-state index contributed by atoms with van der Waals surface area (Å²) in [5, 5.41) is 21.3. The maximum absolute atomic E-state index is 12.3. The van der Waals surface area contributed by atoms with Gasteiger partial charge < -0.3 is 57.5 Å². The maximum Gasteiger partial charge on any atom is 0.256 e. The van der Waals surface area contributed by atoms with Gasteiger partial charge in [-0.3, -0.25) is 24.0 Å². The Morgan fingerprint density at radius 2 is 0.897 bits per heavy atom. The minimum absolute atomic E-state index is 0.0402. The highest BCUT2D eigenvalue weighted by atomic mass is 79.9. The van der Waals surface area contributed by atoms with Crippen LogP contribution < -0.4 is 54.3 Å². The molecule has 6 aromatic carbocycles. The zero-order chi connectivity index (χ0) is 68.8. The molecule has 22 nitrogen and oxygen atoms in total. The number of H-pyrrole nitrogens is 3. The van der Waals surface area contributed by atoms with Gasteiger partial charge in [0.2, 0.25) is 29.7 Å². The van der Waals surface area contributed by atoms with Gasteiger partial charge in [0.05, 0.1) is 16.6 Å². The molecule has 0 atom stereocenters. The van der Waals surface area contributed by atoms with E-state index in [1.54, 1.807) is 43.3 Å². The number of rotatable bonds is 18. The van der Waals surface area contributed by atoms with Gasteiger partial charge in [-0.1, -0.05) is 70.6 Å². The highest BCUT2D eigenvalue weighted by Crippen LogP contribution is 2.29. The first kappa shape index (κ1) is 69.5. The van der Waals surface area contributed by atoms with Crippen molar-refractivity contribution in [2.24, 2.45) is 0 Å². The molecular formula is C74H74BrN17O5. The lowest BCUT2D eigenvalue weighted by molar-refractivity contribution is -0.116. The number of pyridine rings is 3. The van der Waals surface area contributed by atoms with E-state index in [1.807, 2.05) is 212 Å². The quantitative estimate of drug-likeness (QED) is 0.0165. The molecule has 6 heterocycles. The van der Waals surface area contributed by atoms with E-state index in [0.717, 1.165) is 88.5 Å². The van der Waals surface area contributed by atoms with Gasteiger partial charge in [-0.05, 0) is 198 Å². The second kappa shape index (κ2) is 33.9. The van der Waals surface area contributed by atoms with E-state index in [0.29, 0.717) is 71.0 Å². The third-order valence-electron chi connectivity index (χ3n) is 14.6. The SMILES string of the molecule is CNC.Cc1cc[nH]c(=O)c1-c1ccc2nc(Nc3cccc(N)c3)ncc2c1.Cc1cc[nH]c(=O)c1-c1ccc2nc(Nc3cccc(NC(=O)/C=C/CN(C)C)c3)ncc2c1.Cc1cc[nH]c(=O)c1-c1ccc2nc(Nc3cccc(NC(=O)CC/C=C/CBr)c3)ncc2c1. The Balaban J connectivity index is 0.000000168. The molecule has 0 bridgehead atoms. The number of hydrogen-bond donors (Lipinski definition) is 10. The van der Waals surface area contributed by atoms with Gasteiger partial charge in [-0.25, -0.2) is 29.9 Å². The van der Waals surface area contributed by atoms with Crippen LogP contribution in [0.5, 0.6) is 0 Å². The van der Waals surface area contributed by atoms with Crippen LogP contribution in [-0.4, -0.2) is 102 Å². The first-order valence-electron chi connectivity index (χ1n) is 30.9. The summed E-state index contributed by atoms with van der Waals surface area (Å²) in [6.45, 7) is 6.44. The summed E-state index contributed by atoms with van der Waals surface area (Å²) in [4.78, 5) is 98.0. The van der Waals surface area contributed by atoms with Gasteiger partial charge in [-0.2, -0.15) is 0 Å². The van der Waals surface area contributed by atoms with Crippen LogP contribution in [0.25, 0.3) is 66.1 Å². The fourth-order valence-corrected chi connectivity index (χ4v) is 10.3. The molecule has 12 rings (SSSR count). The van der Waals surface area contributed by atoms with Gasteiger partial charge in [-0.15, -0.1) is 0 Å². The highest BCUT2D eigenvalue weighted by molar-refractivity contribution is 9.09. The molecule has 0 aliphatic rings. The molecule has 11 N–H and O–H groups in total. The number of nitrogens with two attached hydrogens (primary N) is 1. The molecule has 0 saturated heterocycles. The number of halogens is 1. The Kier molecular flexibility index (Phi) is 24.3. The van der Waals surface area contributed by atoms with E-state index in [1.165, 1.54) is 6.08 Å². The number of nitrogens with zero attached hydrogens (tertiary/aromatic N) is 7. The molecule has 492 valence electrons. The molecule has 2 amide bonds. The number of carbonyl (C=O) groups excluding carboxylic acids is 2. The van der Waals surface area contributed by atoms with E-state index >= 15 is 0 Å². The zero-order valence-electron chi connectivity index (χ0n) is 54.6. The molecule has 0 aliphatic carbocycles. The minimum atomic E-state index is -0.191. The molecule has 23 heteroatoms. The number of likely N-dealkylation sites (N-methyl/N-ethyl adjacent to an activating group) is 1. The largest absolute Gasteiger partial charge is 0.399 e. The van der Waals surface area contributed by atoms with E-state index < -0.39 is 0 Å². The molecule has 0 aliphatic heterocycles. The number of aryl methyl sites for hydroxylation is 3. The van der Waals surface area contributed by atoms with Crippen LogP contribution in [-0.2, 0) is 9.59 Å². The predicted molar refractivity (Wildman–Crippen MR) is 397 cm³/mol. The number of nitrogen functional groups attached to an aromatic ring is 1. The minimum Gasteiger partial charge on any atom is -0.399 e. The molecule has 0 fully saturated rings. The number of anilines is 9. The third-order valence-corrected chi connectivity index (χ3v) is 15.0. The maximum atomic E-state index is 12.3. The van der Waals surface area contributed by atoms with Crippen LogP contribution >= 0.6 is 15.9 Å². The average molecular weight is 1360 g/mol. The molecule has 0 saturated carbocycles. The van der Waals surface area contributed by atoms with Crippen LogP contribution in [0.2, 0.25) is 0 Å². The van der Waals surface area contributed by atoms with Gasteiger partial charge in [0.1, 0.15) is 0 Å². The molecule has 0 radical (unpaired) electrons. The number of alkyl halides is 1. The van der Waals surface area contributed by atoms with Crippen molar-refractivity contribution < 1.29 is 9.59 Å². The first-order chi connectivity index (χ1) is 46.9. The van der Waals surface area contributed by atoms with Crippen molar-refractivity contribution >= 4 is 112 Å². The van der Waals surface area contributed by atoms with Crippen LogP contribution in [0.1, 0.15) is 29.5 Å². The summed E-state index contributed by atoms with van der Waals surface area (Å²) in [5.74, 6) is 1.14. The van der Waals surface area contributed by atoms with Crippen molar-refractivity contribution in [3.8, 4) is 33.4 Å². The summed E-state index contributed by atoms with van der Waals surface area (Å²) in [5.41, 5.74) is 19.3. The first-order valence-corrected chi connectivity index (χ1v) is 32.0. The van der Waals surface area contributed by atoms with Gasteiger partial charge in [0.25, 0.3) is 16.7 Å². The van der Waals surface area contributed by atoms with E-state index in [4.69, 9.17) is 5.73 Å². The lowest BCUT2D eigenvalue weighted by Crippen LogP contribution is -2.13. The fourth-order valence-electron chi connectivity index (χ4n) is 10.1. The van der Waals surface area contributed by atoms with Crippen molar-refractivity contribution in [3.05, 3.63) is 255 Å². The number of amides is 2. The molecule has 97 heavy (non-hydrogen) atoms. The van der Waals surface area contributed by atoms with Gasteiger partial charge in [0.15, 0.2) is 0 Å². The van der Waals surface area contributed by atoms with Crippen LogP contribution in [0.4, 0.5) is 52.0 Å². The predicted octanol–water partition coefficient (Wildman–Crippen LogP) is 13.3. The number of aromatic amines is 3. The standard InChI is InChI=1S/C26H24BrN5O2.C26H26N6O2.C20H17N5O.C2H7N/c1-17-11-13-28-25(34)24(17)18-9-10-22-19(14-18)16-29-26(32-22)31-21-7-5-6-20(15-21)30-23(33)8-3-2-4-12-27;1-17-11-12-27-25(34)24(17)18-9-10-22-19(14-18)16-28-26(31-22)30-21-7-4-6-20(15-21)29-23(33)8-5-13-32(2)3;1-12-7-8-22-19(26)18(12)13-5-6-17-14(9-13)11-23-20(25-17)24-16-4-2-3-15(21)10-16;1-3-2/h2,4-7,9-11,13-16H,3,8,12H2,1H3,(H,28,34)(H,30,33)(H,29,31,32);4-12,14-16H,13H2,1-3H3,(H,27,34)(H,29,33)(H,28,30,31);2-11H,21H2,1H3,(H,22,26)(H,23,24,25);3H,1-2H3/b4-2+;8-5+;;. The number of carbonyl (C=O) groups is 2. The van der Waals surface area contributed by atoms with E-state index in [2.05, 4.69) is 92.7 Å². The number of allylic oxidation sites excluding steroid dienone is 2. The topological polar surface area (TPSA) is 311 Å². The van der Waals surface area contributed by atoms with Crippen molar-refractivity contribution in [1.82, 2.24) is 55.1 Å². The van der Waals surface area contributed by atoms with E-state index in [-0.39, 0.29) is 28.5 Å². The molecule has 12 aromatic rings. The summed E-state index contributed by atoms with van der Waals surface area (Å²) in [6.07, 6.45) is 18.5. The number of benzene rings is 6. The summed E-state index contributed by atoms with van der Waals surface area (Å²) in [6, 6.07) is 44.9. The number of fused-ring (bicyclic) bond motifs is 3. The Hall–Kier alpha value is -11.8. The molecule has 0 spiro atoms. The lowest BCUT2D eigenvalue weighted by Gasteiger charge is -2.10. The van der Waals surface area contributed by atoms with Crippen LogP contribution in [0.15, 0.2) is 221 Å². The summed E-state index contributed by atoms with van der Waals surface area (Å²) < 4.78 is 0. The van der Waals surface area contributed by atoms with Crippen molar-refractivity contribution in [3.63, 3.8) is 0 Å². The van der Waals surface area contributed by atoms with Crippen molar-refractivity contribution in [2.45, 2.75) is 33.6 Å². The monoisotopic (exact) mass is 1360 g/mol. The second-order valence-corrected chi connectivity index (χ2v) is 23.2. The third kappa shape index (κ3) is 19.6. The second-order valence-electron chi connectivity index (χ2n) is 22.5. The van der Waals surface area contributed by atoms with Gasteiger partial charge in [0, 0.05) is 129 Å². The smallest absolute Gasteiger partial charge is 0.256 e. The Morgan fingerprint density at radius 1 is 0.505 bits per heavy atom. The normalized spacial score (nSPS) is 10.9. The van der Waals surface area contributed by atoms with Crippen molar-refractivity contribution in [1.29, 1.82) is 0 Å². The lowest BCUT2D eigenvalue weighted by atomic mass is 10.0. The highest BCUT2D eigenvalue weighted by Gasteiger charge is 2.14. The van der Waals surface area contributed by atoms with Gasteiger partial charge >= 0.3 is 0 Å². The van der Waals surface area contributed by atoms with Crippen LogP contribution in [0, 0.1) is 20.8 Å². The molecule has 6 aromatic heterocycles. The zero-order valence-corrected chi connectivity index (χ0v) is 56.2. The summed E-state index contributed by atoms with van der Waals surface area (Å²) >= 11 is 3.32.